The highest BCUT2D eigenvalue weighted by molar-refractivity contribution is 7.46. The van der Waals surface area contributed by atoms with Crippen LogP contribution in [0, 0.1) is 0 Å². The number of nitrogens with one attached hydrogen (secondary N) is 3. The molecule has 2 aromatic heterocycles. The number of aliphatic hydroxyl groups is 1. The van der Waals surface area contributed by atoms with Crippen molar-refractivity contribution in [1.29, 1.82) is 0 Å². The van der Waals surface area contributed by atoms with E-state index in [2.05, 4.69) is 32.3 Å². The lowest BCUT2D eigenvalue weighted by Gasteiger charge is -2.16. The minimum atomic E-state index is -4.89. The van der Waals surface area contributed by atoms with Crippen LogP contribution in [0.15, 0.2) is 70.4 Å². The monoisotopic (exact) mass is 683 g/mol. The van der Waals surface area contributed by atoms with Gasteiger partial charge in [0, 0.05) is 53.6 Å². The first kappa shape index (κ1) is 35.0. The third kappa shape index (κ3) is 8.75. The van der Waals surface area contributed by atoms with Gasteiger partial charge in [-0.05, 0) is 31.1 Å². The molecule has 15 nitrogen and oxygen atoms in total. The normalized spacial score (nSPS) is 18.2. The van der Waals surface area contributed by atoms with Gasteiger partial charge in [0.2, 0.25) is 11.8 Å². The summed E-state index contributed by atoms with van der Waals surface area (Å²) in [6, 6.07) is 16.1. The summed E-state index contributed by atoms with van der Waals surface area (Å²) in [7, 11) is -4.89. The maximum absolute atomic E-state index is 12.7. The van der Waals surface area contributed by atoms with Crippen LogP contribution >= 0.6 is 7.82 Å². The summed E-state index contributed by atoms with van der Waals surface area (Å²) in [6.45, 7) is 0.561. The molecule has 1 fully saturated rings. The van der Waals surface area contributed by atoms with E-state index >= 15 is 0 Å². The zero-order chi connectivity index (χ0) is 34.3. The van der Waals surface area contributed by atoms with Crippen molar-refractivity contribution < 1.29 is 38.3 Å². The minimum absolute atomic E-state index is 0.0338. The van der Waals surface area contributed by atoms with E-state index in [0.29, 0.717) is 19.5 Å². The predicted octanol–water partition coefficient (Wildman–Crippen LogP) is 1.91. The van der Waals surface area contributed by atoms with Crippen LogP contribution in [0.3, 0.4) is 0 Å². The molecule has 0 aliphatic carbocycles. The lowest BCUT2D eigenvalue weighted by molar-refractivity contribution is -0.121. The topological polar surface area (TPSA) is 214 Å². The number of aromatic nitrogens is 3. The first-order chi connectivity index (χ1) is 23.0. The molecule has 0 radical (unpaired) electrons. The number of phosphoric acid groups is 1. The number of aromatic amines is 1. The van der Waals surface area contributed by atoms with Crippen LogP contribution in [0.25, 0.3) is 27.9 Å². The van der Waals surface area contributed by atoms with Gasteiger partial charge in [0.25, 0.3) is 5.56 Å². The molecule has 6 N–H and O–H groups in total. The Morgan fingerprint density at radius 1 is 0.979 bits per heavy atom. The second-order valence-electron chi connectivity index (χ2n) is 11.4. The number of hydrogen-bond acceptors (Lipinski definition) is 8. The van der Waals surface area contributed by atoms with Crippen molar-refractivity contribution in [2.45, 2.75) is 57.1 Å². The Morgan fingerprint density at radius 2 is 1.60 bits per heavy atom. The number of nitrogens with zero attached hydrogens (tertiary/aromatic N) is 2. The van der Waals surface area contributed by atoms with E-state index in [0.717, 1.165) is 57.9 Å². The lowest BCUT2D eigenvalue weighted by atomic mass is 10.2. The summed E-state index contributed by atoms with van der Waals surface area (Å²) in [5.74, 6) is -0.505. The fourth-order valence-electron chi connectivity index (χ4n) is 5.80. The molecule has 16 heteroatoms. The molecule has 3 heterocycles. The SMILES string of the molecule is O=C(/C=C/c1cn([C@H]2C[C@H](OP(=O)(O)O)[C@@H](CO)O2)c(=O)[nH]c1=O)NCCCCCCNC(=O)Cn1c2ccccc2c2ccccc21. The number of aliphatic hydroxyl groups excluding tert-OH is 1. The van der Waals surface area contributed by atoms with Crippen molar-refractivity contribution >= 4 is 47.5 Å². The highest BCUT2D eigenvalue weighted by Crippen LogP contribution is 2.43. The van der Waals surface area contributed by atoms with Gasteiger partial charge >= 0.3 is 13.5 Å². The number of carbonyl (C=O) groups is 2. The highest BCUT2D eigenvalue weighted by Gasteiger charge is 2.40. The van der Waals surface area contributed by atoms with Gasteiger partial charge in [0.15, 0.2) is 0 Å². The Balaban J connectivity index is 1.02. The molecule has 3 atom stereocenters. The average molecular weight is 684 g/mol. The predicted molar refractivity (Wildman–Crippen MR) is 177 cm³/mol. The van der Waals surface area contributed by atoms with E-state index < -0.39 is 50.0 Å². The van der Waals surface area contributed by atoms with E-state index in [1.165, 1.54) is 6.08 Å². The van der Waals surface area contributed by atoms with Gasteiger partial charge in [-0.2, -0.15) is 0 Å². The quantitative estimate of drug-likeness (QED) is 0.0608. The Kier molecular flexibility index (Phi) is 11.4. The third-order valence-electron chi connectivity index (χ3n) is 8.06. The molecule has 0 spiro atoms. The van der Waals surface area contributed by atoms with Crippen LogP contribution in [0.5, 0.6) is 0 Å². The molecule has 256 valence electrons. The van der Waals surface area contributed by atoms with Gasteiger partial charge in [0.1, 0.15) is 25.0 Å². The fraction of sp³-hybridized carbons (Fsp3) is 0.375. The minimum Gasteiger partial charge on any atom is -0.394 e. The number of rotatable bonds is 15. The summed E-state index contributed by atoms with van der Waals surface area (Å²) in [5.41, 5.74) is 0.409. The number of benzene rings is 2. The van der Waals surface area contributed by atoms with Gasteiger partial charge in [-0.3, -0.25) is 28.5 Å². The van der Waals surface area contributed by atoms with Crippen LogP contribution in [0.1, 0.15) is 43.9 Å². The summed E-state index contributed by atoms with van der Waals surface area (Å²) in [5, 5.41) is 17.5. The summed E-state index contributed by atoms with van der Waals surface area (Å²) in [4.78, 5) is 70.1. The summed E-state index contributed by atoms with van der Waals surface area (Å²) < 4.78 is 24.5. The van der Waals surface area contributed by atoms with Crippen LogP contribution < -0.4 is 21.9 Å². The van der Waals surface area contributed by atoms with Gasteiger partial charge < -0.3 is 34.8 Å². The molecule has 0 saturated carbocycles. The zero-order valence-corrected chi connectivity index (χ0v) is 26.9. The molecule has 2 aromatic carbocycles. The van der Waals surface area contributed by atoms with Crippen molar-refractivity contribution in [3.63, 3.8) is 0 Å². The molecule has 1 aliphatic rings. The van der Waals surface area contributed by atoms with Crippen LogP contribution in [0.4, 0.5) is 0 Å². The molecular weight excluding hydrogens is 645 g/mol. The van der Waals surface area contributed by atoms with Crippen molar-refractivity contribution in [1.82, 2.24) is 24.8 Å². The van der Waals surface area contributed by atoms with Gasteiger partial charge in [-0.15, -0.1) is 0 Å². The fourth-order valence-corrected chi connectivity index (χ4v) is 6.37. The Labute approximate surface area is 274 Å². The summed E-state index contributed by atoms with van der Waals surface area (Å²) in [6.07, 6.45) is 3.17. The number of para-hydroxylation sites is 2. The molecule has 2 amide bonds. The highest BCUT2D eigenvalue weighted by atomic mass is 31.2. The largest absolute Gasteiger partial charge is 0.469 e. The van der Waals surface area contributed by atoms with Crippen LogP contribution in [-0.2, 0) is 30.0 Å². The van der Waals surface area contributed by atoms with E-state index in [1.807, 2.05) is 41.0 Å². The van der Waals surface area contributed by atoms with E-state index in [1.54, 1.807) is 0 Å². The number of H-pyrrole nitrogens is 1. The first-order valence-electron chi connectivity index (χ1n) is 15.6. The van der Waals surface area contributed by atoms with Gasteiger partial charge in [-0.25, -0.2) is 9.36 Å². The Morgan fingerprint density at radius 3 is 2.23 bits per heavy atom. The molecule has 48 heavy (non-hydrogen) atoms. The zero-order valence-electron chi connectivity index (χ0n) is 26.0. The smallest absolute Gasteiger partial charge is 0.394 e. The van der Waals surface area contributed by atoms with Crippen LogP contribution in [0.2, 0.25) is 0 Å². The van der Waals surface area contributed by atoms with Crippen molar-refractivity contribution in [2.24, 2.45) is 0 Å². The number of amides is 2. The van der Waals surface area contributed by atoms with Crippen molar-refractivity contribution in [3.8, 4) is 0 Å². The van der Waals surface area contributed by atoms with E-state index in [-0.39, 0.29) is 24.4 Å². The number of unbranched alkanes of at least 4 members (excludes halogenated alkanes) is 3. The van der Waals surface area contributed by atoms with Gasteiger partial charge in [-0.1, -0.05) is 49.2 Å². The summed E-state index contributed by atoms with van der Waals surface area (Å²) >= 11 is 0. The van der Waals surface area contributed by atoms with Crippen molar-refractivity contribution in [2.75, 3.05) is 19.7 Å². The maximum Gasteiger partial charge on any atom is 0.469 e. The third-order valence-corrected chi connectivity index (χ3v) is 8.60. The molecule has 4 aromatic rings. The second-order valence-corrected chi connectivity index (χ2v) is 12.6. The Bertz CT molecular complexity index is 1910. The number of phosphoric ester groups is 1. The number of fused-ring (bicyclic) bond motifs is 3. The standard InChI is InChI=1S/C32H38N5O10P/c38-20-27-26(47-48(43,44)45)17-30(46-27)37-18-21(31(41)35-32(37)42)13-14-28(39)33-15-7-1-2-8-16-34-29(40)19-36-24-11-5-3-9-22(24)23-10-4-6-12-25(23)36/h3-6,9-14,18,26-27,30,38H,1-2,7-8,15-17,19-20H2,(H,33,39)(H,34,40)(H,35,41,42)(H2,43,44,45)/b14-13+/t26-,27+,30+/m0/s1. The number of ether oxygens (including phenoxy) is 1. The second kappa shape index (κ2) is 15.7. The molecule has 5 rings (SSSR count). The van der Waals surface area contributed by atoms with Gasteiger partial charge in [0.05, 0.1) is 12.2 Å². The average Bonchev–Trinajstić information content (AvgIpc) is 3.59. The van der Waals surface area contributed by atoms with Crippen LogP contribution in [-0.4, -0.2) is 72.7 Å². The molecular formula is C32H38N5O10P. The van der Waals surface area contributed by atoms with E-state index in [4.69, 9.17) is 14.5 Å². The molecule has 1 saturated heterocycles. The molecule has 0 bridgehead atoms. The Hall–Kier alpha value is -4.37. The molecule has 0 unspecified atom stereocenters. The lowest BCUT2D eigenvalue weighted by Crippen LogP contribution is -2.33. The first-order valence-corrected chi connectivity index (χ1v) is 17.1. The molecule has 1 aliphatic heterocycles. The maximum atomic E-state index is 12.7. The number of hydrogen-bond donors (Lipinski definition) is 6. The van der Waals surface area contributed by atoms with Crippen molar-refractivity contribution in [3.05, 3.63) is 87.2 Å². The number of carbonyl (C=O) groups excluding carboxylic acids is 2. The van der Waals surface area contributed by atoms with E-state index in [9.17, 15) is 28.8 Å².